The van der Waals surface area contributed by atoms with E-state index in [2.05, 4.69) is 108 Å². The van der Waals surface area contributed by atoms with Gasteiger partial charge in [0.1, 0.15) is 8.07 Å². The minimum Gasteiger partial charge on any atom is -0.0703 e. The second-order valence-electron chi connectivity index (χ2n) is 9.02. The summed E-state index contributed by atoms with van der Waals surface area (Å²) in [5.41, 5.74) is 7.59. The van der Waals surface area contributed by atoms with Crippen molar-refractivity contribution in [2.45, 2.75) is 71.0 Å². The van der Waals surface area contributed by atoms with Gasteiger partial charge < -0.3 is 0 Å². The van der Waals surface area contributed by atoms with Gasteiger partial charge >= 0.3 is 0 Å². The fraction of sp³-hybridized carbons (Fsp3) is 0.407. The quantitative estimate of drug-likeness (QED) is 0.374. The highest BCUT2D eigenvalue weighted by molar-refractivity contribution is 6.91. The van der Waals surface area contributed by atoms with Crippen molar-refractivity contribution < 1.29 is 0 Å². The molecule has 0 unspecified atom stereocenters. The summed E-state index contributed by atoms with van der Waals surface area (Å²) in [7, 11) is -1.84. The Labute approximate surface area is 173 Å². The second-order valence-corrected chi connectivity index (χ2v) is 14.9. The van der Waals surface area contributed by atoms with E-state index >= 15 is 0 Å². The van der Waals surface area contributed by atoms with Gasteiger partial charge in [-0.05, 0) is 63.5 Å². The third kappa shape index (κ3) is 3.63. The molecule has 2 aromatic rings. The Bertz CT molecular complexity index is 882. The SMILES string of the molecule is CC(C)[Si](/C(C#Cc1ccccc1)=C1/CCc2ccccc21)(C(C)C)C(C)C. The molecule has 0 radical (unpaired) electrons. The van der Waals surface area contributed by atoms with Crippen molar-refractivity contribution in [1.82, 2.24) is 0 Å². The minimum atomic E-state index is -1.84. The van der Waals surface area contributed by atoms with Gasteiger partial charge in [-0.15, -0.1) is 0 Å². The lowest BCUT2D eigenvalue weighted by Gasteiger charge is -2.44. The van der Waals surface area contributed by atoms with Crippen LogP contribution in [0.3, 0.4) is 0 Å². The smallest absolute Gasteiger partial charge is 0.0703 e. The third-order valence-corrected chi connectivity index (χ3v) is 13.7. The Hall–Kier alpha value is -2.04. The number of hydrogen-bond acceptors (Lipinski definition) is 0. The number of fused-ring (bicyclic) bond motifs is 1. The zero-order chi connectivity index (χ0) is 20.3. The molecular weight excluding hydrogens is 352 g/mol. The molecule has 0 saturated heterocycles. The molecule has 0 heterocycles. The summed E-state index contributed by atoms with van der Waals surface area (Å²) in [4.78, 5) is 0. The van der Waals surface area contributed by atoms with Gasteiger partial charge in [-0.2, -0.15) is 0 Å². The van der Waals surface area contributed by atoms with Gasteiger partial charge in [-0.1, -0.05) is 95.8 Å². The Morgan fingerprint density at radius 2 is 1.32 bits per heavy atom. The van der Waals surface area contributed by atoms with Crippen molar-refractivity contribution in [2.75, 3.05) is 0 Å². The molecular formula is C27H34Si. The topological polar surface area (TPSA) is 0 Å². The maximum Gasteiger partial charge on any atom is 0.105 e. The monoisotopic (exact) mass is 386 g/mol. The van der Waals surface area contributed by atoms with Crippen LogP contribution < -0.4 is 0 Å². The van der Waals surface area contributed by atoms with E-state index < -0.39 is 8.07 Å². The molecule has 0 aliphatic heterocycles. The molecule has 3 rings (SSSR count). The van der Waals surface area contributed by atoms with Crippen molar-refractivity contribution in [3.8, 4) is 11.8 Å². The number of allylic oxidation sites excluding steroid dienone is 2. The first-order valence-electron chi connectivity index (χ1n) is 10.8. The van der Waals surface area contributed by atoms with Gasteiger partial charge in [-0.3, -0.25) is 0 Å². The van der Waals surface area contributed by atoms with Crippen LogP contribution in [0.5, 0.6) is 0 Å². The lowest BCUT2D eigenvalue weighted by molar-refractivity contribution is 0.828. The Kier molecular flexibility index (Phi) is 6.31. The largest absolute Gasteiger partial charge is 0.105 e. The Morgan fingerprint density at radius 1 is 0.750 bits per heavy atom. The molecule has 0 saturated carbocycles. The summed E-state index contributed by atoms with van der Waals surface area (Å²) in [5.74, 6) is 7.34. The normalized spacial score (nSPS) is 15.6. The standard InChI is InChI=1S/C27H34Si/c1-20(2)28(21(3)4,22(5)6)27(19-16-23-12-8-7-9-13-23)26-18-17-24-14-10-11-15-25(24)26/h7-15,20-22H,17-18H2,1-6H3/b27-26-. The zero-order valence-electron chi connectivity index (χ0n) is 18.3. The third-order valence-electron chi connectivity index (χ3n) is 6.69. The van der Waals surface area contributed by atoms with Crippen LogP contribution in [0.15, 0.2) is 59.8 Å². The summed E-state index contributed by atoms with van der Waals surface area (Å²) in [6.45, 7) is 14.7. The molecule has 146 valence electrons. The van der Waals surface area contributed by atoms with Gasteiger partial charge in [0, 0.05) is 5.56 Å². The van der Waals surface area contributed by atoms with Crippen LogP contribution in [-0.2, 0) is 6.42 Å². The van der Waals surface area contributed by atoms with E-state index in [1.54, 1.807) is 5.57 Å². The molecule has 0 spiro atoms. The van der Waals surface area contributed by atoms with Gasteiger partial charge in [-0.25, -0.2) is 0 Å². The molecule has 0 atom stereocenters. The predicted molar refractivity (Wildman–Crippen MR) is 126 cm³/mol. The van der Waals surface area contributed by atoms with Crippen LogP contribution in [0.25, 0.3) is 5.57 Å². The van der Waals surface area contributed by atoms with Crippen LogP contribution in [0.4, 0.5) is 0 Å². The first-order valence-corrected chi connectivity index (χ1v) is 13.0. The average Bonchev–Trinajstić information content (AvgIpc) is 3.08. The zero-order valence-corrected chi connectivity index (χ0v) is 19.3. The summed E-state index contributed by atoms with van der Waals surface area (Å²) in [6, 6.07) is 19.5. The van der Waals surface area contributed by atoms with E-state index in [1.807, 2.05) is 0 Å². The number of benzene rings is 2. The predicted octanol–water partition coefficient (Wildman–Crippen LogP) is 7.66. The van der Waals surface area contributed by atoms with E-state index in [9.17, 15) is 0 Å². The first-order chi connectivity index (χ1) is 13.4. The van der Waals surface area contributed by atoms with E-state index in [-0.39, 0.29) is 0 Å². The van der Waals surface area contributed by atoms with Crippen molar-refractivity contribution >= 4 is 13.6 Å². The maximum atomic E-state index is 3.80. The lowest BCUT2D eigenvalue weighted by atomic mass is 10.1. The minimum absolute atomic E-state index is 0.660. The van der Waals surface area contributed by atoms with Crippen LogP contribution in [0, 0.1) is 11.8 Å². The van der Waals surface area contributed by atoms with E-state index in [0.717, 1.165) is 18.4 Å². The van der Waals surface area contributed by atoms with E-state index in [1.165, 1.54) is 16.3 Å². The molecule has 0 N–H and O–H groups in total. The lowest BCUT2D eigenvalue weighted by Crippen LogP contribution is -2.47. The molecule has 0 amide bonds. The molecule has 1 aliphatic carbocycles. The molecule has 2 aromatic carbocycles. The van der Waals surface area contributed by atoms with Crippen LogP contribution in [0.2, 0.25) is 16.6 Å². The number of rotatable bonds is 4. The average molecular weight is 387 g/mol. The van der Waals surface area contributed by atoms with Crippen LogP contribution in [0.1, 0.15) is 64.7 Å². The fourth-order valence-corrected chi connectivity index (χ4v) is 12.4. The highest BCUT2D eigenvalue weighted by Gasteiger charge is 2.47. The molecule has 28 heavy (non-hydrogen) atoms. The summed E-state index contributed by atoms with van der Waals surface area (Å²) in [6.07, 6.45) is 2.29. The van der Waals surface area contributed by atoms with E-state index in [0.29, 0.717) is 16.6 Å². The maximum absolute atomic E-state index is 3.80. The molecule has 0 bridgehead atoms. The highest BCUT2D eigenvalue weighted by Crippen LogP contribution is 2.50. The molecule has 0 fully saturated rings. The van der Waals surface area contributed by atoms with E-state index in [4.69, 9.17) is 0 Å². The van der Waals surface area contributed by atoms with Gasteiger partial charge in [0.05, 0.1) is 0 Å². The van der Waals surface area contributed by atoms with Crippen molar-refractivity contribution in [3.63, 3.8) is 0 Å². The fourth-order valence-electron chi connectivity index (χ4n) is 5.65. The van der Waals surface area contributed by atoms with Crippen LogP contribution in [-0.4, -0.2) is 8.07 Å². The van der Waals surface area contributed by atoms with Gasteiger partial charge in [0.2, 0.25) is 0 Å². The van der Waals surface area contributed by atoms with Crippen LogP contribution >= 0.6 is 0 Å². The van der Waals surface area contributed by atoms with Crippen molar-refractivity contribution in [1.29, 1.82) is 0 Å². The number of aryl methyl sites for hydroxylation is 1. The summed E-state index contributed by atoms with van der Waals surface area (Å²) < 4.78 is 0. The number of hydrogen-bond donors (Lipinski definition) is 0. The molecule has 0 nitrogen and oxygen atoms in total. The van der Waals surface area contributed by atoms with Crippen molar-refractivity contribution in [3.05, 3.63) is 76.5 Å². The summed E-state index contributed by atoms with van der Waals surface area (Å²) >= 11 is 0. The van der Waals surface area contributed by atoms with Crippen molar-refractivity contribution in [2.24, 2.45) is 0 Å². The molecule has 0 aromatic heterocycles. The Balaban J connectivity index is 2.30. The summed E-state index contributed by atoms with van der Waals surface area (Å²) in [5, 5.41) is 1.52. The van der Waals surface area contributed by atoms with Gasteiger partial charge in [0.15, 0.2) is 0 Å². The van der Waals surface area contributed by atoms with Gasteiger partial charge in [0.25, 0.3) is 0 Å². The molecule has 1 aliphatic rings. The Morgan fingerprint density at radius 3 is 1.93 bits per heavy atom. The highest BCUT2D eigenvalue weighted by atomic mass is 28.3. The second kappa shape index (κ2) is 8.54. The first kappa shape index (κ1) is 20.7. The molecule has 1 heteroatoms.